The minimum absolute atomic E-state index is 0.112. The molecule has 4 rings (SSSR count). The summed E-state index contributed by atoms with van der Waals surface area (Å²) < 4.78 is 5.03. The Balaban J connectivity index is 0.000000148. The normalized spacial score (nSPS) is 17.0. The highest BCUT2D eigenvalue weighted by molar-refractivity contribution is 6.02. The second kappa shape index (κ2) is 5.78. The number of Topliss-reactive ketones (excluding diaryl/α,β-unsaturated/α-hetero) is 3. The highest BCUT2D eigenvalue weighted by Gasteiger charge is 2.19. The van der Waals surface area contributed by atoms with Crippen LogP contribution in [0.2, 0.25) is 0 Å². The Bertz CT molecular complexity index is 517. The third kappa shape index (κ3) is 3.28. The van der Waals surface area contributed by atoms with E-state index in [4.69, 9.17) is 4.74 Å². The molecule has 0 N–H and O–H groups in total. The molecule has 1 aromatic rings. The lowest BCUT2D eigenvalue weighted by Gasteiger charge is -2.14. The fourth-order valence-corrected chi connectivity index (χ4v) is 2.24. The van der Waals surface area contributed by atoms with E-state index in [1.165, 1.54) is 0 Å². The van der Waals surface area contributed by atoms with Crippen molar-refractivity contribution in [3.05, 3.63) is 29.3 Å². The van der Waals surface area contributed by atoms with Crippen molar-refractivity contribution in [2.24, 2.45) is 0 Å². The summed E-state index contributed by atoms with van der Waals surface area (Å²) in [6.45, 7) is 0. The minimum Gasteiger partial charge on any atom is -0.496 e. The number of hydrogen-bond acceptors (Lipinski definition) is 4. The first-order chi connectivity index (χ1) is 9.10. The molecule has 1 aromatic carbocycles. The van der Waals surface area contributed by atoms with Gasteiger partial charge in [0.2, 0.25) is 0 Å². The van der Waals surface area contributed by atoms with Crippen LogP contribution in [0.25, 0.3) is 0 Å². The molecule has 3 aliphatic rings. The van der Waals surface area contributed by atoms with Crippen molar-refractivity contribution < 1.29 is 19.1 Å². The summed E-state index contributed by atoms with van der Waals surface area (Å²) >= 11 is 0. The predicted molar refractivity (Wildman–Crippen MR) is 69.5 cm³/mol. The number of carbonyl (C=O) groups excluding carboxylic acids is 3. The number of methoxy groups -OCH3 is 1. The van der Waals surface area contributed by atoms with Crippen LogP contribution in [0.3, 0.4) is 0 Å². The van der Waals surface area contributed by atoms with E-state index in [0.717, 1.165) is 12.0 Å². The smallest absolute Gasteiger partial charge is 0.170 e. The van der Waals surface area contributed by atoms with E-state index in [0.29, 0.717) is 30.6 Å². The van der Waals surface area contributed by atoms with Crippen molar-refractivity contribution in [2.45, 2.75) is 32.1 Å². The number of fused-ring (bicyclic) bond motifs is 3. The quantitative estimate of drug-likeness (QED) is 0.726. The van der Waals surface area contributed by atoms with Crippen molar-refractivity contribution in [3.63, 3.8) is 0 Å². The van der Waals surface area contributed by atoms with E-state index < -0.39 is 0 Å². The van der Waals surface area contributed by atoms with Gasteiger partial charge in [0, 0.05) is 19.3 Å². The number of rotatable bonds is 1. The summed E-state index contributed by atoms with van der Waals surface area (Å²) in [5, 5.41) is 0. The molecule has 4 heteroatoms. The Kier molecular flexibility index (Phi) is 4.10. The van der Waals surface area contributed by atoms with Crippen molar-refractivity contribution in [1.29, 1.82) is 0 Å². The second-order valence-electron chi connectivity index (χ2n) is 4.74. The second-order valence-corrected chi connectivity index (χ2v) is 4.74. The minimum atomic E-state index is 0.112. The van der Waals surface area contributed by atoms with Crippen LogP contribution in [0.1, 0.15) is 41.6 Å². The van der Waals surface area contributed by atoms with Gasteiger partial charge in [0.05, 0.1) is 19.1 Å². The van der Waals surface area contributed by atoms with E-state index >= 15 is 0 Å². The molecule has 0 unspecified atom stereocenters. The maximum atomic E-state index is 11.2. The van der Waals surface area contributed by atoms with E-state index in [1.807, 2.05) is 18.2 Å². The van der Waals surface area contributed by atoms with E-state index in [-0.39, 0.29) is 23.8 Å². The zero-order valence-electron chi connectivity index (χ0n) is 10.9. The van der Waals surface area contributed by atoms with Gasteiger partial charge in [-0.2, -0.15) is 0 Å². The monoisotopic (exact) mass is 260 g/mol. The van der Waals surface area contributed by atoms with Crippen LogP contribution in [0.4, 0.5) is 0 Å². The average molecular weight is 260 g/mol. The van der Waals surface area contributed by atoms with Crippen molar-refractivity contribution in [3.8, 4) is 5.75 Å². The zero-order valence-corrected chi connectivity index (χ0v) is 10.9. The fourth-order valence-electron chi connectivity index (χ4n) is 2.24. The van der Waals surface area contributed by atoms with Crippen LogP contribution in [0.5, 0.6) is 5.75 Å². The third-order valence-corrected chi connectivity index (χ3v) is 3.24. The van der Waals surface area contributed by atoms with Gasteiger partial charge in [-0.25, -0.2) is 0 Å². The molecule has 3 aliphatic carbocycles. The molecule has 0 radical (unpaired) electrons. The lowest BCUT2D eigenvalue weighted by Crippen LogP contribution is -2.13. The Morgan fingerprint density at radius 1 is 1.00 bits per heavy atom. The average Bonchev–Trinajstić information content (AvgIpc) is 2.39. The van der Waals surface area contributed by atoms with Crippen molar-refractivity contribution in [1.82, 2.24) is 0 Å². The van der Waals surface area contributed by atoms with Gasteiger partial charge >= 0.3 is 0 Å². The van der Waals surface area contributed by atoms with E-state index in [9.17, 15) is 14.4 Å². The third-order valence-electron chi connectivity index (χ3n) is 3.24. The van der Waals surface area contributed by atoms with Crippen LogP contribution in [0.15, 0.2) is 18.2 Å². The molecule has 0 saturated heterocycles. The van der Waals surface area contributed by atoms with E-state index in [2.05, 4.69) is 0 Å². The Morgan fingerprint density at radius 3 is 2.05 bits per heavy atom. The summed E-state index contributed by atoms with van der Waals surface area (Å²) in [5.74, 6) is 1.10. The maximum absolute atomic E-state index is 11.2. The highest BCUT2D eigenvalue weighted by Crippen LogP contribution is 2.27. The molecule has 0 aliphatic heterocycles. The largest absolute Gasteiger partial charge is 0.496 e. The summed E-state index contributed by atoms with van der Waals surface area (Å²) in [6, 6.07) is 5.69. The molecule has 1 fully saturated rings. The van der Waals surface area contributed by atoms with Crippen molar-refractivity contribution in [2.75, 3.05) is 7.11 Å². The van der Waals surface area contributed by atoms with Gasteiger partial charge < -0.3 is 4.74 Å². The first-order valence-electron chi connectivity index (χ1n) is 6.33. The summed E-state index contributed by atoms with van der Waals surface area (Å²) in [5.41, 5.74) is 1.75. The lowest BCUT2D eigenvalue weighted by atomic mass is 9.94. The van der Waals surface area contributed by atoms with Crippen LogP contribution >= 0.6 is 0 Å². The van der Waals surface area contributed by atoms with Crippen molar-refractivity contribution >= 4 is 17.3 Å². The van der Waals surface area contributed by atoms with Gasteiger partial charge in [-0.05, 0) is 24.1 Å². The summed E-state index contributed by atoms with van der Waals surface area (Å²) in [7, 11) is 1.58. The number of benzene rings is 1. The molecular formula is C15H16O4. The van der Waals surface area contributed by atoms with Crippen LogP contribution in [-0.4, -0.2) is 24.5 Å². The molecule has 0 heterocycles. The molecule has 0 aromatic heterocycles. The van der Waals surface area contributed by atoms with E-state index in [1.54, 1.807) is 7.11 Å². The summed E-state index contributed by atoms with van der Waals surface area (Å²) in [6.07, 6.45) is 2.74. The molecular weight excluding hydrogens is 244 g/mol. The summed E-state index contributed by atoms with van der Waals surface area (Å²) in [4.78, 5) is 32.1. The van der Waals surface area contributed by atoms with Gasteiger partial charge in [-0.1, -0.05) is 6.07 Å². The molecule has 0 amide bonds. The molecule has 0 spiro atoms. The van der Waals surface area contributed by atoms with Gasteiger partial charge in [-0.15, -0.1) is 0 Å². The van der Waals surface area contributed by atoms with Crippen LogP contribution in [-0.2, 0) is 16.0 Å². The number of ether oxygens (including phenoxy) is 1. The number of carbonyl (C=O) groups is 3. The van der Waals surface area contributed by atoms with Crippen LogP contribution < -0.4 is 4.74 Å². The molecule has 1 saturated carbocycles. The topological polar surface area (TPSA) is 60.4 Å². The van der Waals surface area contributed by atoms with Gasteiger partial charge in [0.25, 0.3) is 0 Å². The Labute approximate surface area is 111 Å². The Hall–Kier alpha value is -1.97. The van der Waals surface area contributed by atoms with Crippen LogP contribution in [0, 0.1) is 0 Å². The molecule has 100 valence electrons. The molecule has 19 heavy (non-hydrogen) atoms. The maximum Gasteiger partial charge on any atom is 0.170 e. The first-order valence-corrected chi connectivity index (χ1v) is 6.33. The predicted octanol–water partition coefficient (Wildman–Crippen LogP) is 2.13. The number of ketones is 3. The first kappa shape index (κ1) is 13.5. The number of hydrogen-bond donors (Lipinski definition) is 0. The molecule has 2 bridgehead atoms. The standard InChI is InChI=1S/C9H8O2.C6H8O2/c1-11-9-5-6-2-3-7(9)8(10)4-6;7-5-2-1-3-6(8)4-5/h2-3,5H,4H2,1H3;1-4H2. The SMILES string of the molecule is COc1cc2ccc1C(=O)C2.O=C1CCCC(=O)C1. The van der Waals surface area contributed by atoms with Gasteiger partial charge in [-0.3, -0.25) is 14.4 Å². The molecule has 0 atom stereocenters. The fraction of sp³-hybridized carbons (Fsp3) is 0.400. The zero-order chi connectivity index (χ0) is 13.8. The van der Waals surface area contributed by atoms with Gasteiger partial charge in [0.1, 0.15) is 17.3 Å². The van der Waals surface area contributed by atoms with Gasteiger partial charge in [0.15, 0.2) is 5.78 Å². The lowest BCUT2D eigenvalue weighted by molar-refractivity contribution is -0.129. The molecule has 4 nitrogen and oxygen atoms in total. The Morgan fingerprint density at radius 2 is 1.68 bits per heavy atom. The highest BCUT2D eigenvalue weighted by atomic mass is 16.5.